The molecular formula is C6H10N2. The number of hydrogen-bond donors (Lipinski definition) is 1. The SMILES string of the molecule is CC1CC=NC=CN1. The first-order chi connectivity index (χ1) is 3.89. The van der Waals surface area contributed by atoms with Crippen LogP contribution in [0.15, 0.2) is 17.4 Å². The van der Waals surface area contributed by atoms with Crippen LogP contribution in [0.5, 0.6) is 0 Å². The van der Waals surface area contributed by atoms with Gasteiger partial charge in [-0.15, -0.1) is 0 Å². The predicted octanol–water partition coefficient (Wildman–Crippen LogP) is 0.910. The van der Waals surface area contributed by atoms with E-state index in [2.05, 4.69) is 17.2 Å². The first kappa shape index (κ1) is 5.35. The van der Waals surface area contributed by atoms with E-state index in [0.29, 0.717) is 6.04 Å². The lowest BCUT2D eigenvalue weighted by molar-refractivity contribution is 0.673. The fourth-order valence-electron chi connectivity index (χ4n) is 0.598. The van der Waals surface area contributed by atoms with Crippen molar-refractivity contribution in [2.45, 2.75) is 19.4 Å². The summed E-state index contributed by atoms with van der Waals surface area (Å²) < 4.78 is 0. The molecule has 1 N–H and O–H groups in total. The van der Waals surface area contributed by atoms with E-state index in [9.17, 15) is 0 Å². The third-order valence-corrected chi connectivity index (χ3v) is 1.11. The maximum atomic E-state index is 3.95. The Kier molecular flexibility index (Phi) is 1.67. The summed E-state index contributed by atoms with van der Waals surface area (Å²) in [5, 5.41) is 3.14. The first-order valence-electron chi connectivity index (χ1n) is 2.82. The maximum absolute atomic E-state index is 3.95. The third kappa shape index (κ3) is 1.37. The lowest BCUT2D eigenvalue weighted by atomic mass is 10.3. The van der Waals surface area contributed by atoms with E-state index in [4.69, 9.17) is 0 Å². The molecule has 1 unspecified atom stereocenters. The molecule has 0 aromatic heterocycles. The normalized spacial score (nSPS) is 26.9. The van der Waals surface area contributed by atoms with Crippen LogP contribution in [0, 0.1) is 0 Å². The van der Waals surface area contributed by atoms with Gasteiger partial charge in [-0.3, -0.25) is 4.99 Å². The van der Waals surface area contributed by atoms with E-state index in [0.717, 1.165) is 6.42 Å². The van der Waals surface area contributed by atoms with Gasteiger partial charge in [-0.25, -0.2) is 0 Å². The Morgan fingerprint density at radius 1 is 1.75 bits per heavy atom. The molecule has 1 heterocycles. The zero-order valence-corrected chi connectivity index (χ0v) is 4.96. The van der Waals surface area contributed by atoms with E-state index in [1.807, 2.05) is 12.4 Å². The average Bonchev–Trinajstić information content (AvgIpc) is 1.94. The van der Waals surface area contributed by atoms with Gasteiger partial charge in [-0.1, -0.05) is 0 Å². The molecule has 0 radical (unpaired) electrons. The van der Waals surface area contributed by atoms with Crippen LogP contribution in [0.2, 0.25) is 0 Å². The van der Waals surface area contributed by atoms with Crippen LogP contribution in [0.3, 0.4) is 0 Å². The lowest BCUT2D eigenvalue weighted by Crippen LogP contribution is -2.18. The Balaban J connectivity index is 2.45. The number of rotatable bonds is 0. The van der Waals surface area contributed by atoms with E-state index in [1.165, 1.54) is 0 Å². The van der Waals surface area contributed by atoms with Gasteiger partial charge in [0.05, 0.1) is 0 Å². The zero-order chi connectivity index (χ0) is 5.82. The molecule has 1 aliphatic heterocycles. The van der Waals surface area contributed by atoms with Crippen molar-refractivity contribution in [3.8, 4) is 0 Å². The third-order valence-electron chi connectivity index (χ3n) is 1.11. The van der Waals surface area contributed by atoms with Gasteiger partial charge in [-0.2, -0.15) is 0 Å². The van der Waals surface area contributed by atoms with Crippen LogP contribution in [0.4, 0.5) is 0 Å². The van der Waals surface area contributed by atoms with Crippen molar-refractivity contribution in [2.24, 2.45) is 4.99 Å². The van der Waals surface area contributed by atoms with E-state index in [-0.39, 0.29) is 0 Å². The summed E-state index contributed by atoms with van der Waals surface area (Å²) in [5.74, 6) is 0. The second kappa shape index (κ2) is 2.50. The second-order valence-electron chi connectivity index (χ2n) is 1.95. The van der Waals surface area contributed by atoms with Crippen molar-refractivity contribution in [2.75, 3.05) is 0 Å². The molecule has 0 bridgehead atoms. The smallest absolute Gasteiger partial charge is 0.0420 e. The molecule has 0 aliphatic carbocycles. The molecule has 8 heavy (non-hydrogen) atoms. The average molecular weight is 110 g/mol. The standard InChI is InChI=1S/C6H10N2/c1-6-2-3-7-4-5-8-6/h3-6,8H,2H2,1H3. The highest BCUT2D eigenvalue weighted by Crippen LogP contribution is 1.90. The Morgan fingerprint density at radius 2 is 2.62 bits per heavy atom. The summed E-state index contributed by atoms with van der Waals surface area (Å²) in [6.07, 6.45) is 6.58. The van der Waals surface area contributed by atoms with Crippen molar-refractivity contribution in [1.82, 2.24) is 5.32 Å². The van der Waals surface area contributed by atoms with Crippen LogP contribution < -0.4 is 5.32 Å². The molecule has 2 heteroatoms. The molecule has 1 rings (SSSR count). The molecule has 0 saturated carbocycles. The van der Waals surface area contributed by atoms with Crippen molar-refractivity contribution in [3.05, 3.63) is 12.4 Å². The summed E-state index contributed by atoms with van der Waals surface area (Å²) in [6, 6.07) is 0.539. The molecule has 0 fully saturated rings. The van der Waals surface area contributed by atoms with Gasteiger partial charge in [0.1, 0.15) is 0 Å². The number of nitrogens with zero attached hydrogens (tertiary/aromatic N) is 1. The van der Waals surface area contributed by atoms with E-state index in [1.54, 1.807) is 6.20 Å². The van der Waals surface area contributed by atoms with Crippen LogP contribution in [-0.2, 0) is 0 Å². The monoisotopic (exact) mass is 110 g/mol. The van der Waals surface area contributed by atoms with Crippen molar-refractivity contribution < 1.29 is 0 Å². The van der Waals surface area contributed by atoms with Crippen molar-refractivity contribution in [1.29, 1.82) is 0 Å². The van der Waals surface area contributed by atoms with Crippen LogP contribution in [0.1, 0.15) is 13.3 Å². The Labute approximate surface area is 49.3 Å². The zero-order valence-electron chi connectivity index (χ0n) is 4.96. The fourth-order valence-corrected chi connectivity index (χ4v) is 0.598. The summed E-state index contributed by atoms with van der Waals surface area (Å²) >= 11 is 0. The number of nitrogens with one attached hydrogen (secondary N) is 1. The highest BCUT2D eigenvalue weighted by Gasteiger charge is 1.94. The highest BCUT2D eigenvalue weighted by atomic mass is 14.9. The number of aliphatic imine (C=N–C) groups is 1. The van der Waals surface area contributed by atoms with E-state index < -0.39 is 0 Å². The summed E-state index contributed by atoms with van der Waals surface area (Å²) in [4.78, 5) is 3.95. The molecule has 0 saturated heterocycles. The van der Waals surface area contributed by atoms with Gasteiger partial charge >= 0.3 is 0 Å². The topological polar surface area (TPSA) is 24.4 Å². The highest BCUT2D eigenvalue weighted by molar-refractivity contribution is 5.59. The van der Waals surface area contributed by atoms with Crippen molar-refractivity contribution >= 4 is 6.21 Å². The predicted molar refractivity (Wildman–Crippen MR) is 34.8 cm³/mol. The molecule has 1 aliphatic rings. The summed E-state index contributed by atoms with van der Waals surface area (Å²) in [7, 11) is 0. The van der Waals surface area contributed by atoms with Crippen LogP contribution >= 0.6 is 0 Å². The lowest BCUT2D eigenvalue weighted by Gasteiger charge is -2.03. The van der Waals surface area contributed by atoms with Gasteiger partial charge in [0.2, 0.25) is 0 Å². The summed E-state index contributed by atoms with van der Waals surface area (Å²) in [6.45, 7) is 2.13. The van der Waals surface area contributed by atoms with Gasteiger partial charge in [0.25, 0.3) is 0 Å². The van der Waals surface area contributed by atoms with E-state index >= 15 is 0 Å². The molecule has 0 aromatic carbocycles. The molecular weight excluding hydrogens is 100 g/mol. The van der Waals surface area contributed by atoms with Gasteiger partial charge in [0.15, 0.2) is 0 Å². The van der Waals surface area contributed by atoms with Crippen LogP contribution in [0.25, 0.3) is 0 Å². The van der Waals surface area contributed by atoms with Crippen LogP contribution in [-0.4, -0.2) is 12.3 Å². The molecule has 44 valence electrons. The fraction of sp³-hybridized carbons (Fsp3) is 0.500. The van der Waals surface area contributed by atoms with Gasteiger partial charge in [-0.05, 0) is 6.92 Å². The molecule has 0 amide bonds. The molecule has 2 nitrogen and oxygen atoms in total. The summed E-state index contributed by atoms with van der Waals surface area (Å²) in [5.41, 5.74) is 0. The van der Waals surface area contributed by atoms with Gasteiger partial charge in [0, 0.05) is 31.1 Å². The Bertz CT molecular complexity index is 102. The Hall–Kier alpha value is -0.790. The second-order valence-corrected chi connectivity index (χ2v) is 1.95. The largest absolute Gasteiger partial charge is 0.387 e. The molecule has 0 aromatic rings. The molecule has 1 atom stereocenters. The molecule has 0 spiro atoms. The Morgan fingerprint density at radius 3 is 3.50 bits per heavy atom. The first-order valence-corrected chi connectivity index (χ1v) is 2.82. The van der Waals surface area contributed by atoms with Crippen molar-refractivity contribution in [3.63, 3.8) is 0 Å². The van der Waals surface area contributed by atoms with Gasteiger partial charge < -0.3 is 5.32 Å². The number of hydrogen-bond acceptors (Lipinski definition) is 2. The maximum Gasteiger partial charge on any atom is 0.0420 e. The minimum absolute atomic E-state index is 0.539. The minimum atomic E-state index is 0.539. The minimum Gasteiger partial charge on any atom is -0.387 e. The quantitative estimate of drug-likeness (QED) is 0.492.